The van der Waals surface area contributed by atoms with Crippen LogP contribution in [0.2, 0.25) is 5.02 Å². The van der Waals surface area contributed by atoms with Gasteiger partial charge in [-0.3, -0.25) is 14.9 Å². The second-order valence-corrected chi connectivity index (χ2v) is 6.27. The van der Waals surface area contributed by atoms with Gasteiger partial charge in [0.1, 0.15) is 5.58 Å². The van der Waals surface area contributed by atoms with E-state index in [1.54, 1.807) is 0 Å². The number of fused-ring (bicyclic) bond motifs is 1. The molecule has 1 aromatic heterocycles. The highest BCUT2D eigenvalue weighted by Crippen LogP contribution is 2.30. The van der Waals surface area contributed by atoms with E-state index in [2.05, 4.69) is 5.32 Å². The molecule has 6 nitrogen and oxygen atoms in total. The first kappa shape index (κ1) is 17.0. The lowest BCUT2D eigenvalue weighted by molar-refractivity contribution is -0.384. The summed E-state index contributed by atoms with van der Waals surface area (Å²) in [4.78, 5) is 22.7. The molecule has 25 heavy (non-hydrogen) atoms. The third kappa shape index (κ3) is 3.08. The molecular weight excluding hydrogens is 344 g/mol. The number of hydrogen-bond acceptors (Lipinski definition) is 4. The molecule has 7 heteroatoms. The second kappa shape index (κ2) is 6.22. The smallest absolute Gasteiger partial charge is 0.291 e. The monoisotopic (exact) mass is 358 g/mol. The maximum Gasteiger partial charge on any atom is 0.291 e. The number of nitrogens with one attached hydrogen (secondary N) is 1. The quantitative estimate of drug-likeness (QED) is 0.516. The van der Waals surface area contributed by atoms with Gasteiger partial charge in [0.25, 0.3) is 11.6 Å². The molecule has 128 valence electrons. The van der Waals surface area contributed by atoms with E-state index in [-0.39, 0.29) is 22.2 Å². The van der Waals surface area contributed by atoms with Crippen LogP contribution in [0.1, 0.15) is 27.2 Å². The summed E-state index contributed by atoms with van der Waals surface area (Å²) in [5, 5.41) is 14.4. The first-order valence-electron chi connectivity index (χ1n) is 7.53. The van der Waals surface area contributed by atoms with Gasteiger partial charge >= 0.3 is 0 Å². The van der Waals surface area contributed by atoms with Gasteiger partial charge in [-0.25, -0.2) is 0 Å². The fourth-order valence-electron chi connectivity index (χ4n) is 2.59. The van der Waals surface area contributed by atoms with E-state index in [1.165, 1.54) is 18.2 Å². The minimum absolute atomic E-state index is 0.0861. The summed E-state index contributed by atoms with van der Waals surface area (Å²) in [5.74, 6) is -0.269. The van der Waals surface area contributed by atoms with Gasteiger partial charge in [0.15, 0.2) is 5.76 Å². The van der Waals surface area contributed by atoms with Crippen LogP contribution in [0.3, 0.4) is 0 Å². The number of amides is 1. The number of nitro benzene ring substituents is 1. The summed E-state index contributed by atoms with van der Waals surface area (Å²) in [5.41, 5.74) is 3.70. The fraction of sp³-hybridized carbons (Fsp3) is 0.167. The van der Waals surface area contributed by atoms with Crippen LogP contribution in [-0.4, -0.2) is 10.8 Å². The highest BCUT2D eigenvalue weighted by atomic mass is 35.5. The number of furan rings is 1. The van der Waals surface area contributed by atoms with Crippen LogP contribution in [0.25, 0.3) is 11.0 Å². The number of carbonyl (C=O) groups excluding carboxylic acids is 1. The normalized spacial score (nSPS) is 10.9. The molecule has 1 N–H and O–H groups in total. The Morgan fingerprint density at radius 3 is 2.48 bits per heavy atom. The van der Waals surface area contributed by atoms with E-state index in [0.29, 0.717) is 5.58 Å². The molecule has 1 heterocycles. The summed E-state index contributed by atoms with van der Waals surface area (Å²) in [7, 11) is 0. The van der Waals surface area contributed by atoms with E-state index in [9.17, 15) is 14.9 Å². The Morgan fingerprint density at radius 2 is 1.84 bits per heavy atom. The molecule has 3 aromatic rings. The summed E-state index contributed by atoms with van der Waals surface area (Å²) in [6, 6.07) is 7.74. The van der Waals surface area contributed by atoms with Crippen LogP contribution >= 0.6 is 11.6 Å². The SMILES string of the molecule is Cc1cc2oc(C(=O)Nc3ccc([N+](=O)[O-])cc3Cl)c(C)c2cc1C. The standard InChI is InChI=1S/C18H15ClN2O4/c1-9-6-13-11(3)17(25-16(13)7-10(9)2)18(22)20-15-5-4-12(21(23)24)8-14(15)19/h4-8H,1-3H3,(H,20,22). The molecule has 2 aromatic carbocycles. The Hall–Kier alpha value is -2.86. The second-order valence-electron chi connectivity index (χ2n) is 5.86. The minimum atomic E-state index is -0.550. The molecular formula is C18H15ClN2O4. The van der Waals surface area contributed by atoms with Gasteiger partial charge in [0, 0.05) is 23.1 Å². The van der Waals surface area contributed by atoms with Crippen molar-refractivity contribution >= 4 is 39.9 Å². The van der Waals surface area contributed by atoms with E-state index in [4.69, 9.17) is 16.0 Å². The number of hydrogen-bond donors (Lipinski definition) is 1. The zero-order valence-electron chi connectivity index (χ0n) is 13.8. The Bertz CT molecular complexity index is 1020. The molecule has 0 saturated heterocycles. The number of anilines is 1. The number of rotatable bonds is 3. The molecule has 0 saturated carbocycles. The molecule has 0 unspecified atom stereocenters. The van der Waals surface area contributed by atoms with Gasteiger partial charge in [-0.2, -0.15) is 0 Å². The van der Waals surface area contributed by atoms with Gasteiger partial charge < -0.3 is 9.73 Å². The predicted octanol–water partition coefficient (Wildman–Crippen LogP) is 5.17. The average Bonchev–Trinajstić information content (AvgIpc) is 2.86. The van der Waals surface area contributed by atoms with Crippen molar-refractivity contribution in [3.63, 3.8) is 0 Å². The highest BCUT2D eigenvalue weighted by molar-refractivity contribution is 6.34. The van der Waals surface area contributed by atoms with Crippen LogP contribution in [0.5, 0.6) is 0 Å². The maximum atomic E-state index is 12.5. The van der Waals surface area contributed by atoms with E-state index >= 15 is 0 Å². The van der Waals surface area contributed by atoms with Crippen LogP contribution in [0.4, 0.5) is 11.4 Å². The topological polar surface area (TPSA) is 85.4 Å². The molecule has 0 spiro atoms. The van der Waals surface area contributed by atoms with Crippen molar-refractivity contribution < 1.29 is 14.1 Å². The molecule has 0 bridgehead atoms. The Labute approximate surface area is 148 Å². The molecule has 0 fully saturated rings. The molecule has 0 aliphatic heterocycles. The molecule has 1 amide bonds. The van der Waals surface area contributed by atoms with Crippen molar-refractivity contribution in [1.82, 2.24) is 0 Å². The fourth-order valence-corrected chi connectivity index (χ4v) is 2.81. The maximum absolute atomic E-state index is 12.5. The highest BCUT2D eigenvalue weighted by Gasteiger charge is 2.20. The third-order valence-electron chi connectivity index (χ3n) is 4.17. The summed E-state index contributed by atoms with van der Waals surface area (Å²) in [6.45, 7) is 5.79. The molecule has 3 rings (SSSR count). The number of benzene rings is 2. The zero-order chi connectivity index (χ0) is 18.3. The summed E-state index contributed by atoms with van der Waals surface area (Å²) < 4.78 is 5.71. The lowest BCUT2D eigenvalue weighted by Crippen LogP contribution is -2.12. The van der Waals surface area contributed by atoms with Crippen LogP contribution in [0, 0.1) is 30.9 Å². The third-order valence-corrected chi connectivity index (χ3v) is 4.48. The van der Waals surface area contributed by atoms with E-state index in [1.807, 2.05) is 32.9 Å². The Morgan fingerprint density at radius 1 is 1.16 bits per heavy atom. The lowest BCUT2D eigenvalue weighted by atomic mass is 10.0. The first-order valence-corrected chi connectivity index (χ1v) is 7.91. The van der Waals surface area contributed by atoms with Crippen molar-refractivity contribution in [1.29, 1.82) is 0 Å². The Kier molecular flexibility index (Phi) is 4.22. The number of halogens is 1. The lowest BCUT2D eigenvalue weighted by Gasteiger charge is -2.06. The predicted molar refractivity (Wildman–Crippen MR) is 96.5 cm³/mol. The average molecular weight is 359 g/mol. The van der Waals surface area contributed by atoms with Gasteiger partial charge in [-0.05, 0) is 50.1 Å². The van der Waals surface area contributed by atoms with Gasteiger partial charge in [0.05, 0.1) is 15.6 Å². The molecule has 0 aliphatic rings. The minimum Gasteiger partial charge on any atom is -0.451 e. The van der Waals surface area contributed by atoms with Crippen molar-refractivity contribution in [3.8, 4) is 0 Å². The Balaban J connectivity index is 1.95. The number of aryl methyl sites for hydroxylation is 3. The number of carbonyl (C=O) groups is 1. The molecule has 0 radical (unpaired) electrons. The van der Waals surface area contributed by atoms with Crippen LogP contribution in [0.15, 0.2) is 34.7 Å². The molecule has 0 aliphatic carbocycles. The van der Waals surface area contributed by atoms with Gasteiger partial charge in [-0.1, -0.05) is 11.6 Å². The van der Waals surface area contributed by atoms with Crippen molar-refractivity contribution in [2.45, 2.75) is 20.8 Å². The summed E-state index contributed by atoms with van der Waals surface area (Å²) >= 11 is 6.02. The van der Waals surface area contributed by atoms with Crippen LogP contribution < -0.4 is 5.32 Å². The van der Waals surface area contributed by atoms with E-state index < -0.39 is 10.8 Å². The van der Waals surface area contributed by atoms with Crippen molar-refractivity contribution in [2.24, 2.45) is 0 Å². The summed E-state index contributed by atoms with van der Waals surface area (Å²) in [6.07, 6.45) is 0. The zero-order valence-corrected chi connectivity index (χ0v) is 14.6. The number of non-ortho nitro benzene ring substituents is 1. The van der Waals surface area contributed by atoms with Crippen LogP contribution in [-0.2, 0) is 0 Å². The van der Waals surface area contributed by atoms with Crippen molar-refractivity contribution in [2.75, 3.05) is 5.32 Å². The van der Waals surface area contributed by atoms with Gasteiger partial charge in [0.2, 0.25) is 0 Å². The van der Waals surface area contributed by atoms with Crippen molar-refractivity contribution in [3.05, 3.63) is 67.9 Å². The number of nitro groups is 1. The van der Waals surface area contributed by atoms with Gasteiger partial charge in [-0.15, -0.1) is 0 Å². The van der Waals surface area contributed by atoms with E-state index in [0.717, 1.165) is 22.1 Å². The first-order chi connectivity index (χ1) is 11.8. The largest absolute Gasteiger partial charge is 0.451 e. The molecule has 0 atom stereocenters. The number of nitrogens with zero attached hydrogens (tertiary/aromatic N) is 1.